The Morgan fingerprint density at radius 3 is 2.59 bits per heavy atom. The number of ether oxygens (including phenoxy) is 1. The van der Waals surface area contributed by atoms with E-state index in [1.165, 1.54) is 30.3 Å². The number of carbonyl (C=O) groups is 1. The summed E-state index contributed by atoms with van der Waals surface area (Å²) < 4.78 is 37.2. The Hall–Kier alpha value is -4.15. The molecule has 0 bridgehead atoms. The summed E-state index contributed by atoms with van der Waals surface area (Å²) in [5, 5.41) is 17.4. The third-order valence-electron chi connectivity index (χ3n) is 4.39. The van der Waals surface area contributed by atoms with Crippen molar-refractivity contribution in [3.8, 4) is 28.9 Å². The lowest BCUT2D eigenvalue weighted by atomic mass is 10.1. The first-order chi connectivity index (χ1) is 15.2. The number of rotatable bonds is 7. The number of aromatic nitrogens is 5. The zero-order chi connectivity index (χ0) is 22.9. The van der Waals surface area contributed by atoms with E-state index in [0.717, 1.165) is 5.56 Å². The van der Waals surface area contributed by atoms with Crippen LogP contribution in [-0.4, -0.2) is 42.1 Å². The average molecular weight is 441 g/mol. The fraction of sp³-hybridized carbons (Fsp3) is 0.190. The van der Waals surface area contributed by atoms with Gasteiger partial charge in [-0.3, -0.25) is 0 Å². The molecule has 0 unspecified atom stereocenters. The summed E-state index contributed by atoms with van der Waals surface area (Å²) in [4.78, 5) is 19.8. The van der Waals surface area contributed by atoms with Gasteiger partial charge in [0.2, 0.25) is 11.6 Å². The van der Waals surface area contributed by atoms with Gasteiger partial charge in [-0.05, 0) is 48.9 Å². The lowest BCUT2D eigenvalue weighted by Crippen LogP contribution is -2.18. The topological polar surface area (TPSA) is 116 Å². The average Bonchev–Trinajstić information content (AvgIpc) is 3.35. The molecule has 0 aliphatic carbocycles. The molecule has 2 aromatic carbocycles. The Kier molecular flexibility index (Phi) is 5.39. The first-order valence-corrected chi connectivity index (χ1v) is 9.43. The highest BCUT2D eigenvalue weighted by Crippen LogP contribution is 2.25. The maximum atomic E-state index is 12.9. The summed E-state index contributed by atoms with van der Waals surface area (Å²) in [6.45, 7) is 2.71. The van der Waals surface area contributed by atoms with E-state index in [1.807, 2.05) is 0 Å². The molecule has 0 aliphatic rings. The number of carboxylic acid groups (broad SMARTS) is 1. The Labute approximate surface area is 180 Å². The molecule has 4 aromatic rings. The van der Waals surface area contributed by atoms with Gasteiger partial charge in [-0.2, -0.15) is 13.8 Å². The summed E-state index contributed by atoms with van der Waals surface area (Å²) in [6.07, 6.45) is -3.28. The summed E-state index contributed by atoms with van der Waals surface area (Å²) in [6, 6.07) is 12.3. The number of halogens is 2. The Bertz CT molecular complexity index is 1260. The van der Waals surface area contributed by atoms with Crippen LogP contribution in [0.25, 0.3) is 23.1 Å². The number of alkyl halides is 2. The molecule has 164 valence electrons. The third-order valence-corrected chi connectivity index (χ3v) is 4.39. The van der Waals surface area contributed by atoms with Crippen molar-refractivity contribution in [3.63, 3.8) is 0 Å². The zero-order valence-corrected chi connectivity index (χ0v) is 17.0. The second-order valence-corrected chi connectivity index (χ2v) is 7.00. The molecule has 1 N–H and O–H groups in total. The fourth-order valence-electron chi connectivity index (χ4n) is 2.95. The van der Waals surface area contributed by atoms with E-state index in [4.69, 9.17) is 9.63 Å². The van der Waals surface area contributed by atoms with Gasteiger partial charge in [-0.15, -0.1) is 5.10 Å². The van der Waals surface area contributed by atoms with Crippen molar-refractivity contribution in [2.75, 3.05) is 0 Å². The van der Waals surface area contributed by atoms with Crippen molar-refractivity contribution < 1.29 is 27.9 Å². The summed E-state index contributed by atoms with van der Waals surface area (Å²) in [5.74, 6) is 0.0976. The molecule has 32 heavy (non-hydrogen) atoms. The first-order valence-electron chi connectivity index (χ1n) is 9.43. The van der Waals surface area contributed by atoms with Gasteiger partial charge >= 0.3 is 12.1 Å². The smallest absolute Gasteiger partial charge is 0.394 e. The molecular formula is C21H17F2N5O4. The van der Waals surface area contributed by atoms with Crippen LogP contribution < -0.4 is 4.74 Å². The molecule has 2 aromatic heterocycles. The van der Waals surface area contributed by atoms with E-state index in [1.54, 1.807) is 29.8 Å². The van der Waals surface area contributed by atoms with Crippen molar-refractivity contribution in [1.82, 2.24) is 24.9 Å². The van der Waals surface area contributed by atoms with Gasteiger partial charge in [-0.25, -0.2) is 14.5 Å². The number of aryl methyl sites for hydroxylation is 1. The number of aromatic carboxylic acids is 1. The fourth-order valence-corrected chi connectivity index (χ4v) is 2.95. The number of hydrogen-bond donors (Lipinski definition) is 1. The SMILES string of the molecule is Cc1nc(-c2nc(-c3ccc(OC(C)(F)F)cc3)no2)nn1Cc1cccc(C(=O)O)c1. The van der Waals surface area contributed by atoms with Crippen molar-refractivity contribution in [3.05, 3.63) is 65.5 Å². The van der Waals surface area contributed by atoms with Gasteiger partial charge in [0.25, 0.3) is 5.89 Å². The number of nitrogens with zero attached hydrogens (tertiary/aromatic N) is 5. The summed E-state index contributed by atoms with van der Waals surface area (Å²) in [5.41, 5.74) is 1.46. The predicted molar refractivity (Wildman–Crippen MR) is 107 cm³/mol. The number of carboxylic acids is 1. The number of hydrogen-bond acceptors (Lipinski definition) is 7. The zero-order valence-electron chi connectivity index (χ0n) is 17.0. The minimum Gasteiger partial charge on any atom is -0.478 e. The van der Waals surface area contributed by atoms with Gasteiger partial charge in [0.1, 0.15) is 11.6 Å². The quantitative estimate of drug-likeness (QED) is 0.457. The summed E-state index contributed by atoms with van der Waals surface area (Å²) in [7, 11) is 0. The highest BCUT2D eigenvalue weighted by molar-refractivity contribution is 5.87. The van der Waals surface area contributed by atoms with Gasteiger partial charge in [0, 0.05) is 12.5 Å². The van der Waals surface area contributed by atoms with E-state index in [9.17, 15) is 13.6 Å². The molecule has 11 heteroatoms. The second kappa shape index (κ2) is 8.17. The molecule has 0 amide bonds. The first kappa shape index (κ1) is 21.1. The standard InChI is InChI=1S/C21H17F2N5O4/c1-12-24-18(26-28(12)11-13-4-3-5-15(10-13)20(29)30)19-25-17(27-32-19)14-6-8-16(9-7-14)31-21(2,22)23/h3-10H,11H2,1-2H3,(H,29,30). The largest absolute Gasteiger partial charge is 0.478 e. The molecule has 9 nitrogen and oxygen atoms in total. The van der Waals surface area contributed by atoms with Crippen molar-refractivity contribution in [1.29, 1.82) is 0 Å². The van der Waals surface area contributed by atoms with Crippen LogP contribution in [0.2, 0.25) is 0 Å². The molecule has 0 atom stereocenters. The van der Waals surface area contributed by atoms with Gasteiger partial charge < -0.3 is 14.4 Å². The van der Waals surface area contributed by atoms with E-state index in [0.29, 0.717) is 24.9 Å². The molecule has 0 saturated heterocycles. The highest BCUT2D eigenvalue weighted by atomic mass is 19.3. The van der Waals surface area contributed by atoms with Crippen molar-refractivity contribution in [2.45, 2.75) is 26.5 Å². The van der Waals surface area contributed by atoms with Crippen LogP contribution in [0.1, 0.15) is 28.7 Å². The molecule has 4 rings (SSSR count). The summed E-state index contributed by atoms with van der Waals surface area (Å²) >= 11 is 0. The molecule has 0 spiro atoms. The molecule has 2 heterocycles. The molecule has 0 radical (unpaired) electrons. The van der Waals surface area contributed by atoms with Gasteiger partial charge in [0.15, 0.2) is 0 Å². The lowest BCUT2D eigenvalue weighted by molar-refractivity contribution is -0.158. The van der Waals surface area contributed by atoms with Crippen LogP contribution in [0, 0.1) is 6.92 Å². The van der Waals surface area contributed by atoms with Crippen molar-refractivity contribution >= 4 is 5.97 Å². The molecular weight excluding hydrogens is 424 g/mol. The molecule has 0 fully saturated rings. The van der Waals surface area contributed by atoms with E-state index in [-0.39, 0.29) is 28.9 Å². The highest BCUT2D eigenvalue weighted by Gasteiger charge is 2.23. The van der Waals surface area contributed by atoms with E-state index in [2.05, 4.69) is 25.0 Å². The molecule has 0 aliphatic heterocycles. The minimum atomic E-state index is -3.28. The van der Waals surface area contributed by atoms with Gasteiger partial charge in [0.05, 0.1) is 12.1 Å². The normalized spacial score (nSPS) is 11.5. The number of benzene rings is 2. The van der Waals surface area contributed by atoms with Crippen LogP contribution in [0.15, 0.2) is 53.1 Å². The third kappa shape index (κ3) is 4.77. The van der Waals surface area contributed by atoms with Crippen LogP contribution in [-0.2, 0) is 6.54 Å². The van der Waals surface area contributed by atoms with E-state index < -0.39 is 12.1 Å². The van der Waals surface area contributed by atoms with Crippen LogP contribution >= 0.6 is 0 Å². The Morgan fingerprint density at radius 1 is 1.16 bits per heavy atom. The van der Waals surface area contributed by atoms with E-state index >= 15 is 0 Å². The lowest BCUT2D eigenvalue weighted by Gasteiger charge is -2.12. The van der Waals surface area contributed by atoms with Crippen LogP contribution in [0.5, 0.6) is 5.75 Å². The predicted octanol–water partition coefficient (Wildman–Crippen LogP) is 4.04. The minimum absolute atomic E-state index is 0.00738. The molecule has 0 saturated carbocycles. The van der Waals surface area contributed by atoms with Crippen LogP contribution in [0.3, 0.4) is 0 Å². The Morgan fingerprint density at radius 2 is 1.91 bits per heavy atom. The van der Waals surface area contributed by atoms with Crippen LogP contribution in [0.4, 0.5) is 8.78 Å². The maximum absolute atomic E-state index is 12.9. The maximum Gasteiger partial charge on any atom is 0.394 e. The second-order valence-electron chi connectivity index (χ2n) is 7.00. The monoisotopic (exact) mass is 441 g/mol. The van der Waals surface area contributed by atoms with Gasteiger partial charge in [-0.1, -0.05) is 17.3 Å². The Balaban J connectivity index is 1.52. The van der Waals surface area contributed by atoms with Crippen molar-refractivity contribution in [2.24, 2.45) is 0 Å².